The van der Waals surface area contributed by atoms with Crippen LogP contribution in [0.15, 0.2) is 64.8 Å². The highest BCUT2D eigenvalue weighted by molar-refractivity contribution is 5.92. The van der Waals surface area contributed by atoms with Gasteiger partial charge in [-0.15, -0.1) is 0 Å². The van der Waals surface area contributed by atoms with Gasteiger partial charge in [-0.25, -0.2) is 0 Å². The fourth-order valence-electron chi connectivity index (χ4n) is 3.60. The molecule has 1 saturated heterocycles. The van der Waals surface area contributed by atoms with Crippen LogP contribution in [-0.4, -0.2) is 78.9 Å². The fraction of sp³-hybridized carbons (Fsp3) is 0.417. The molecule has 0 spiro atoms. The van der Waals surface area contributed by atoms with Crippen LogP contribution < -0.4 is 5.32 Å². The van der Waals surface area contributed by atoms with Gasteiger partial charge >= 0.3 is 0 Å². The van der Waals surface area contributed by atoms with Crippen LogP contribution in [0.4, 0.5) is 17.1 Å². The van der Waals surface area contributed by atoms with Gasteiger partial charge in [0.25, 0.3) is 0 Å². The van der Waals surface area contributed by atoms with Crippen molar-refractivity contribution in [3.63, 3.8) is 0 Å². The molecule has 1 N–H and O–H groups in total. The molecule has 8 heteroatoms. The first-order valence-corrected chi connectivity index (χ1v) is 11.2. The Kier molecular flexibility index (Phi) is 8.89. The highest BCUT2D eigenvalue weighted by Crippen LogP contribution is 2.20. The number of hydrogen-bond donors (Lipinski definition) is 1. The first kappa shape index (κ1) is 23.6. The molecule has 1 aliphatic heterocycles. The molecule has 2 aromatic rings. The zero-order chi connectivity index (χ0) is 22.8. The zero-order valence-electron chi connectivity index (χ0n) is 18.9. The topological polar surface area (TPSA) is 80.6 Å². The number of benzene rings is 2. The third-order valence-corrected chi connectivity index (χ3v) is 5.50. The summed E-state index contributed by atoms with van der Waals surface area (Å²) in [5.74, 6) is 0.129. The number of carbonyl (C=O) groups is 2. The van der Waals surface area contributed by atoms with E-state index in [2.05, 4.69) is 25.3 Å². The summed E-state index contributed by atoms with van der Waals surface area (Å²) >= 11 is 0. The number of nitrogens with one attached hydrogen (secondary N) is 1. The minimum absolute atomic E-state index is 0.0451. The summed E-state index contributed by atoms with van der Waals surface area (Å²) < 4.78 is 0. The second kappa shape index (κ2) is 12.1. The van der Waals surface area contributed by atoms with Crippen molar-refractivity contribution in [1.82, 2.24) is 14.7 Å². The van der Waals surface area contributed by atoms with Gasteiger partial charge in [0.2, 0.25) is 11.8 Å². The van der Waals surface area contributed by atoms with Gasteiger partial charge in [-0.1, -0.05) is 18.2 Å². The van der Waals surface area contributed by atoms with Gasteiger partial charge in [-0.2, -0.15) is 10.2 Å². The third-order valence-electron chi connectivity index (χ3n) is 5.50. The van der Waals surface area contributed by atoms with E-state index in [-0.39, 0.29) is 11.8 Å². The van der Waals surface area contributed by atoms with Gasteiger partial charge in [-0.05, 0) is 50.2 Å². The van der Waals surface area contributed by atoms with Crippen molar-refractivity contribution in [2.75, 3.05) is 57.7 Å². The van der Waals surface area contributed by atoms with Gasteiger partial charge in [0.05, 0.1) is 24.5 Å². The van der Waals surface area contributed by atoms with E-state index in [0.717, 1.165) is 56.3 Å². The van der Waals surface area contributed by atoms with Crippen LogP contribution in [0.3, 0.4) is 0 Å². The van der Waals surface area contributed by atoms with E-state index in [1.165, 1.54) is 0 Å². The van der Waals surface area contributed by atoms with Crippen molar-refractivity contribution < 1.29 is 9.59 Å². The summed E-state index contributed by atoms with van der Waals surface area (Å²) in [6.07, 6.45) is 0. The summed E-state index contributed by atoms with van der Waals surface area (Å²) in [5.41, 5.74) is 2.25. The van der Waals surface area contributed by atoms with Crippen molar-refractivity contribution in [3.8, 4) is 0 Å². The second-order valence-corrected chi connectivity index (χ2v) is 7.75. The highest BCUT2D eigenvalue weighted by atomic mass is 16.2. The van der Waals surface area contributed by atoms with Crippen molar-refractivity contribution in [2.24, 2.45) is 10.2 Å². The Bertz CT molecular complexity index is 888. The zero-order valence-corrected chi connectivity index (χ0v) is 18.9. The van der Waals surface area contributed by atoms with Gasteiger partial charge in [-0.3, -0.25) is 19.4 Å². The van der Waals surface area contributed by atoms with Gasteiger partial charge in [0.15, 0.2) is 0 Å². The SMILES string of the molecule is CCN(CC)C(=O)CN1CCN(CC(=O)Nc2ccc(N=Nc3ccccc3)cc2)CC1. The number of anilines is 1. The molecule has 32 heavy (non-hydrogen) atoms. The summed E-state index contributed by atoms with van der Waals surface area (Å²) in [7, 11) is 0. The Balaban J connectivity index is 1.40. The average Bonchev–Trinajstić information content (AvgIpc) is 2.81. The molecule has 0 atom stereocenters. The first-order chi connectivity index (χ1) is 15.6. The number of azo groups is 1. The molecule has 0 unspecified atom stereocenters. The summed E-state index contributed by atoms with van der Waals surface area (Å²) in [6.45, 7) is 9.42. The molecule has 0 aromatic heterocycles. The van der Waals surface area contributed by atoms with E-state index < -0.39 is 0 Å². The maximum Gasteiger partial charge on any atom is 0.238 e. The summed E-state index contributed by atoms with van der Waals surface area (Å²) in [6, 6.07) is 16.9. The first-order valence-electron chi connectivity index (χ1n) is 11.2. The molecule has 0 aliphatic carbocycles. The number of piperazine rings is 1. The van der Waals surface area contributed by atoms with Gasteiger partial charge in [0, 0.05) is 45.0 Å². The molecular formula is C24H32N6O2. The maximum absolute atomic E-state index is 12.4. The lowest BCUT2D eigenvalue weighted by atomic mass is 10.2. The minimum atomic E-state index is -0.0451. The molecule has 1 fully saturated rings. The molecule has 1 heterocycles. The largest absolute Gasteiger partial charge is 0.342 e. The van der Waals surface area contributed by atoms with E-state index in [4.69, 9.17) is 0 Å². The van der Waals surface area contributed by atoms with Crippen LogP contribution in [0.1, 0.15) is 13.8 Å². The number of amides is 2. The lowest BCUT2D eigenvalue weighted by Gasteiger charge is -2.34. The van der Waals surface area contributed by atoms with Crippen molar-refractivity contribution in [2.45, 2.75) is 13.8 Å². The third kappa shape index (κ3) is 7.25. The Hall–Kier alpha value is -3.10. The van der Waals surface area contributed by atoms with Crippen LogP contribution in [0, 0.1) is 0 Å². The van der Waals surface area contributed by atoms with Gasteiger partial charge in [0.1, 0.15) is 0 Å². The van der Waals surface area contributed by atoms with E-state index in [0.29, 0.717) is 13.1 Å². The highest BCUT2D eigenvalue weighted by Gasteiger charge is 2.22. The van der Waals surface area contributed by atoms with E-state index >= 15 is 0 Å². The molecule has 0 bridgehead atoms. The molecule has 3 rings (SSSR count). The van der Waals surface area contributed by atoms with Crippen molar-refractivity contribution >= 4 is 28.9 Å². The second-order valence-electron chi connectivity index (χ2n) is 7.75. The number of rotatable bonds is 9. The van der Waals surface area contributed by atoms with Crippen LogP contribution in [0.25, 0.3) is 0 Å². The number of carbonyl (C=O) groups excluding carboxylic acids is 2. The van der Waals surface area contributed by atoms with Crippen LogP contribution in [-0.2, 0) is 9.59 Å². The Morgan fingerprint density at radius 1 is 0.812 bits per heavy atom. The van der Waals surface area contributed by atoms with Crippen LogP contribution in [0.5, 0.6) is 0 Å². The average molecular weight is 437 g/mol. The van der Waals surface area contributed by atoms with Gasteiger partial charge < -0.3 is 10.2 Å². The van der Waals surface area contributed by atoms with Crippen molar-refractivity contribution in [1.29, 1.82) is 0 Å². The van der Waals surface area contributed by atoms with Crippen molar-refractivity contribution in [3.05, 3.63) is 54.6 Å². The number of likely N-dealkylation sites (N-methyl/N-ethyl adjacent to an activating group) is 1. The standard InChI is InChI=1S/C24H32N6O2/c1-3-30(4-2)24(32)19-29-16-14-28(15-17-29)18-23(31)25-20-10-12-22(13-11-20)27-26-21-8-6-5-7-9-21/h5-13H,3-4,14-19H2,1-2H3,(H,25,31). The predicted octanol–water partition coefficient (Wildman–Crippen LogP) is 3.53. The Labute approximate surface area is 189 Å². The van der Waals surface area contributed by atoms with E-state index in [1.807, 2.05) is 73.3 Å². The monoisotopic (exact) mass is 436 g/mol. The molecule has 2 aromatic carbocycles. The van der Waals surface area contributed by atoms with Crippen LogP contribution >= 0.6 is 0 Å². The quantitative estimate of drug-likeness (QED) is 0.610. The lowest BCUT2D eigenvalue weighted by Crippen LogP contribution is -2.51. The summed E-state index contributed by atoms with van der Waals surface area (Å²) in [5, 5.41) is 11.3. The minimum Gasteiger partial charge on any atom is -0.342 e. The smallest absolute Gasteiger partial charge is 0.238 e. The molecule has 8 nitrogen and oxygen atoms in total. The van der Waals surface area contributed by atoms with E-state index in [1.54, 1.807) is 0 Å². The normalized spacial score (nSPS) is 15.1. The fourth-order valence-corrected chi connectivity index (χ4v) is 3.60. The maximum atomic E-state index is 12.4. The predicted molar refractivity (Wildman–Crippen MR) is 126 cm³/mol. The molecule has 0 radical (unpaired) electrons. The number of nitrogens with zero attached hydrogens (tertiary/aromatic N) is 5. The molecule has 2 amide bonds. The Morgan fingerprint density at radius 3 is 1.91 bits per heavy atom. The molecular weight excluding hydrogens is 404 g/mol. The molecule has 170 valence electrons. The van der Waals surface area contributed by atoms with Crippen LogP contribution in [0.2, 0.25) is 0 Å². The molecule has 0 saturated carbocycles. The number of hydrogen-bond acceptors (Lipinski definition) is 6. The Morgan fingerprint density at radius 2 is 1.34 bits per heavy atom. The molecule has 1 aliphatic rings. The van der Waals surface area contributed by atoms with E-state index in [9.17, 15) is 9.59 Å². The summed E-state index contributed by atoms with van der Waals surface area (Å²) in [4.78, 5) is 30.8. The lowest BCUT2D eigenvalue weighted by molar-refractivity contribution is -0.132.